The minimum atomic E-state index is -2.92. The molecular formula is C16H29IN6O3S. The van der Waals surface area contributed by atoms with E-state index in [4.69, 9.17) is 0 Å². The maximum atomic E-state index is 12.3. The van der Waals surface area contributed by atoms with Crippen LogP contribution < -0.4 is 16.3 Å². The molecule has 154 valence electrons. The molecule has 1 unspecified atom stereocenters. The predicted molar refractivity (Wildman–Crippen MR) is 116 cm³/mol. The van der Waals surface area contributed by atoms with Crippen LogP contribution in [0.3, 0.4) is 0 Å². The van der Waals surface area contributed by atoms with Crippen molar-refractivity contribution < 1.29 is 8.42 Å². The summed E-state index contributed by atoms with van der Waals surface area (Å²) in [5, 5.41) is 10.8. The summed E-state index contributed by atoms with van der Waals surface area (Å²) in [5.41, 5.74) is -0.0233. The van der Waals surface area contributed by atoms with E-state index in [1.165, 1.54) is 0 Å². The number of guanidine groups is 1. The Hall–Kier alpha value is -1.11. The average Bonchev–Trinajstić information content (AvgIpc) is 3.11. The molecule has 0 aromatic carbocycles. The Bertz CT molecular complexity index is 817. The highest BCUT2D eigenvalue weighted by molar-refractivity contribution is 14.0. The average molecular weight is 512 g/mol. The van der Waals surface area contributed by atoms with Crippen molar-refractivity contribution in [2.45, 2.75) is 58.2 Å². The van der Waals surface area contributed by atoms with Crippen LogP contribution in [0.15, 0.2) is 9.79 Å². The van der Waals surface area contributed by atoms with Crippen LogP contribution in [0, 0.1) is 0 Å². The maximum Gasteiger partial charge on any atom is 0.345 e. The summed E-state index contributed by atoms with van der Waals surface area (Å²) in [7, 11) is -2.92. The maximum absolute atomic E-state index is 12.3. The Balaban J connectivity index is 0.00000261. The SMILES string of the molecule is CCNC(=NCCCn1nc2n(c1=O)CCCC2)NC1CCS(=O)(=O)C1.I. The number of aromatic nitrogens is 3. The molecule has 0 saturated carbocycles. The van der Waals surface area contributed by atoms with Gasteiger partial charge in [0.1, 0.15) is 5.82 Å². The van der Waals surface area contributed by atoms with Gasteiger partial charge >= 0.3 is 5.69 Å². The van der Waals surface area contributed by atoms with Crippen molar-refractivity contribution in [3.8, 4) is 0 Å². The molecule has 27 heavy (non-hydrogen) atoms. The van der Waals surface area contributed by atoms with Crippen molar-refractivity contribution >= 4 is 39.8 Å². The molecule has 2 N–H and O–H groups in total. The number of rotatable bonds is 6. The lowest BCUT2D eigenvalue weighted by Gasteiger charge is -2.15. The van der Waals surface area contributed by atoms with Gasteiger partial charge in [0, 0.05) is 38.6 Å². The number of nitrogens with one attached hydrogen (secondary N) is 2. The van der Waals surface area contributed by atoms with Gasteiger partial charge in [-0.05, 0) is 32.6 Å². The standard InChI is InChI=1S/C16H28N6O3S.HI/c1-2-17-15(19-13-7-11-26(24,25)12-13)18-8-5-10-22-16(23)21-9-4-3-6-14(21)20-22;/h13H,2-12H2,1H3,(H2,17,18,19);1H. The van der Waals surface area contributed by atoms with Gasteiger partial charge in [-0.1, -0.05) is 0 Å². The normalized spacial score (nSPS) is 21.4. The molecule has 1 aromatic rings. The van der Waals surface area contributed by atoms with Crippen LogP contribution in [-0.2, 0) is 29.3 Å². The molecule has 0 amide bonds. The number of hydrogen-bond donors (Lipinski definition) is 2. The molecule has 3 heterocycles. The largest absolute Gasteiger partial charge is 0.357 e. The second-order valence-corrected chi connectivity index (χ2v) is 9.12. The Morgan fingerprint density at radius 1 is 1.37 bits per heavy atom. The molecule has 2 aliphatic heterocycles. The van der Waals surface area contributed by atoms with Gasteiger partial charge in [-0.3, -0.25) is 9.56 Å². The van der Waals surface area contributed by atoms with Crippen LogP contribution >= 0.6 is 24.0 Å². The third kappa shape index (κ3) is 5.93. The minimum Gasteiger partial charge on any atom is -0.357 e. The summed E-state index contributed by atoms with van der Waals surface area (Å²) < 4.78 is 26.5. The molecule has 3 rings (SSSR count). The van der Waals surface area contributed by atoms with E-state index in [9.17, 15) is 13.2 Å². The lowest BCUT2D eigenvalue weighted by Crippen LogP contribution is -2.44. The minimum absolute atomic E-state index is 0. The van der Waals surface area contributed by atoms with Crippen molar-refractivity contribution in [2.75, 3.05) is 24.6 Å². The van der Waals surface area contributed by atoms with Gasteiger partial charge in [0.05, 0.1) is 11.5 Å². The molecular weight excluding hydrogens is 483 g/mol. The zero-order chi connectivity index (χ0) is 18.6. The molecule has 2 aliphatic rings. The van der Waals surface area contributed by atoms with Gasteiger partial charge < -0.3 is 10.6 Å². The molecule has 1 fully saturated rings. The van der Waals surface area contributed by atoms with Crippen molar-refractivity contribution in [2.24, 2.45) is 4.99 Å². The third-order valence-electron chi connectivity index (χ3n) is 4.75. The molecule has 0 aliphatic carbocycles. The summed E-state index contributed by atoms with van der Waals surface area (Å²) in [5.74, 6) is 1.92. The lowest BCUT2D eigenvalue weighted by molar-refractivity contribution is 0.509. The fourth-order valence-corrected chi connectivity index (χ4v) is 5.10. The molecule has 1 atom stereocenters. The van der Waals surface area contributed by atoms with Gasteiger partial charge in [0.2, 0.25) is 0 Å². The number of aryl methyl sites for hydroxylation is 2. The highest BCUT2D eigenvalue weighted by Gasteiger charge is 2.28. The number of halogens is 1. The highest BCUT2D eigenvalue weighted by atomic mass is 127. The highest BCUT2D eigenvalue weighted by Crippen LogP contribution is 2.11. The monoisotopic (exact) mass is 512 g/mol. The predicted octanol–water partition coefficient (Wildman–Crippen LogP) is 0.131. The molecule has 1 saturated heterocycles. The Kier molecular flexibility index (Phi) is 8.13. The van der Waals surface area contributed by atoms with E-state index in [0.717, 1.165) is 31.6 Å². The number of hydrogen-bond acceptors (Lipinski definition) is 5. The van der Waals surface area contributed by atoms with Crippen molar-refractivity contribution in [3.63, 3.8) is 0 Å². The van der Waals surface area contributed by atoms with Gasteiger partial charge in [-0.25, -0.2) is 17.9 Å². The van der Waals surface area contributed by atoms with Crippen molar-refractivity contribution in [3.05, 3.63) is 16.3 Å². The van der Waals surface area contributed by atoms with E-state index in [1.54, 1.807) is 9.25 Å². The molecule has 1 aromatic heterocycles. The quantitative estimate of drug-likeness (QED) is 0.243. The Morgan fingerprint density at radius 3 is 2.85 bits per heavy atom. The first-order valence-corrected chi connectivity index (χ1v) is 11.2. The van der Waals surface area contributed by atoms with Crippen LogP contribution in [-0.4, -0.2) is 59.4 Å². The van der Waals surface area contributed by atoms with Gasteiger partial charge in [0.25, 0.3) is 0 Å². The van der Waals surface area contributed by atoms with Crippen LogP contribution in [0.25, 0.3) is 0 Å². The fraction of sp³-hybridized carbons (Fsp3) is 0.812. The second-order valence-electron chi connectivity index (χ2n) is 6.89. The fourth-order valence-electron chi connectivity index (χ4n) is 3.43. The van der Waals surface area contributed by atoms with E-state index >= 15 is 0 Å². The van der Waals surface area contributed by atoms with Gasteiger partial charge in [0.15, 0.2) is 15.8 Å². The van der Waals surface area contributed by atoms with E-state index in [1.807, 2.05) is 6.92 Å². The Labute approximate surface area is 176 Å². The molecule has 9 nitrogen and oxygen atoms in total. The van der Waals surface area contributed by atoms with Crippen molar-refractivity contribution in [1.29, 1.82) is 0 Å². The third-order valence-corrected chi connectivity index (χ3v) is 6.51. The first kappa shape index (κ1) is 22.2. The van der Waals surface area contributed by atoms with Crippen LogP contribution in [0.2, 0.25) is 0 Å². The number of fused-ring (bicyclic) bond motifs is 1. The summed E-state index contributed by atoms with van der Waals surface area (Å²) in [4.78, 5) is 16.8. The van der Waals surface area contributed by atoms with Crippen molar-refractivity contribution in [1.82, 2.24) is 25.0 Å². The summed E-state index contributed by atoms with van der Waals surface area (Å²) in [6, 6.07) is -0.0831. The topological polar surface area (TPSA) is 110 Å². The zero-order valence-corrected chi connectivity index (χ0v) is 18.8. The second kappa shape index (κ2) is 9.89. The van der Waals surface area contributed by atoms with E-state index in [2.05, 4.69) is 20.7 Å². The van der Waals surface area contributed by atoms with E-state index in [0.29, 0.717) is 38.4 Å². The molecule has 0 bridgehead atoms. The summed E-state index contributed by atoms with van der Waals surface area (Å²) in [6.45, 7) is 4.53. The number of sulfone groups is 1. The molecule has 0 radical (unpaired) electrons. The molecule has 11 heteroatoms. The van der Waals surface area contributed by atoms with Gasteiger partial charge in [-0.2, -0.15) is 5.10 Å². The van der Waals surface area contributed by atoms with Crippen LogP contribution in [0.1, 0.15) is 38.4 Å². The zero-order valence-electron chi connectivity index (χ0n) is 15.7. The van der Waals surface area contributed by atoms with Crippen LogP contribution in [0.5, 0.6) is 0 Å². The van der Waals surface area contributed by atoms with E-state index in [-0.39, 0.29) is 47.2 Å². The van der Waals surface area contributed by atoms with Gasteiger partial charge in [-0.15, -0.1) is 24.0 Å². The lowest BCUT2D eigenvalue weighted by atomic mass is 10.2. The number of aliphatic imine (C=N–C) groups is 1. The first-order chi connectivity index (χ1) is 12.5. The van der Waals surface area contributed by atoms with E-state index < -0.39 is 9.84 Å². The first-order valence-electron chi connectivity index (χ1n) is 9.40. The Morgan fingerprint density at radius 2 is 2.19 bits per heavy atom. The number of nitrogens with zero attached hydrogens (tertiary/aromatic N) is 4. The smallest absolute Gasteiger partial charge is 0.345 e. The summed E-state index contributed by atoms with van der Waals surface area (Å²) in [6.07, 6.45) is 4.32. The molecule has 0 spiro atoms. The summed E-state index contributed by atoms with van der Waals surface area (Å²) >= 11 is 0. The van der Waals surface area contributed by atoms with Crippen LogP contribution in [0.4, 0.5) is 0 Å².